The van der Waals surface area contributed by atoms with Gasteiger partial charge in [0.15, 0.2) is 0 Å². The molecule has 0 aliphatic heterocycles. The van der Waals surface area contributed by atoms with Crippen LogP contribution in [0.4, 0.5) is 5.69 Å². The second-order valence-electron chi connectivity index (χ2n) is 3.36. The van der Waals surface area contributed by atoms with E-state index in [-0.39, 0.29) is 0 Å². The normalized spacial score (nSPS) is 10.1. The van der Waals surface area contributed by atoms with Crippen LogP contribution in [-0.2, 0) is 6.54 Å². The number of benzene rings is 1. The van der Waals surface area contributed by atoms with Gasteiger partial charge in [0.05, 0.1) is 19.6 Å². The number of ether oxygens (including phenoxy) is 1. The fourth-order valence-corrected chi connectivity index (χ4v) is 1.85. The molecule has 16 heavy (non-hydrogen) atoms. The summed E-state index contributed by atoms with van der Waals surface area (Å²) < 4.78 is 11.2. The summed E-state index contributed by atoms with van der Waals surface area (Å²) in [7, 11) is 1.65. The number of hydrogen-bond acceptors (Lipinski definition) is 3. The van der Waals surface area contributed by atoms with Crippen molar-refractivity contribution in [2.75, 3.05) is 12.4 Å². The van der Waals surface area contributed by atoms with Crippen LogP contribution in [0.1, 0.15) is 5.56 Å². The van der Waals surface area contributed by atoms with Crippen molar-refractivity contribution in [2.24, 2.45) is 0 Å². The van der Waals surface area contributed by atoms with Gasteiger partial charge in [-0.15, -0.1) is 0 Å². The van der Waals surface area contributed by atoms with E-state index in [4.69, 9.17) is 9.15 Å². The Morgan fingerprint density at radius 3 is 2.94 bits per heavy atom. The van der Waals surface area contributed by atoms with E-state index in [0.717, 1.165) is 28.0 Å². The summed E-state index contributed by atoms with van der Waals surface area (Å²) in [6, 6.07) is 7.80. The number of rotatable bonds is 4. The van der Waals surface area contributed by atoms with Crippen molar-refractivity contribution in [3.8, 4) is 5.75 Å². The molecule has 0 bridgehead atoms. The van der Waals surface area contributed by atoms with Gasteiger partial charge in [-0.25, -0.2) is 0 Å². The van der Waals surface area contributed by atoms with E-state index in [1.807, 2.05) is 24.3 Å². The molecule has 3 nitrogen and oxygen atoms in total. The Labute approximate surface area is 103 Å². The Morgan fingerprint density at radius 2 is 2.25 bits per heavy atom. The van der Waals surface area contributed by atoms with Gasteiger partial charge in [0.2, 0.25) is 0 Å². The molecule has 0 aliphatic carbocycles. The number of furan rings is 1. The molecule has 2 rings (SSSR count). The summed E-state index contributed by atoms with van der Waals surface area (Å²) >= 11 is 3.43. The lowest BCUT2D eigenvalue weighted by Gasteiger charge is -2.08. The molecule has 0 spiro atoms. The molecule has 4 heteroatoms. The highest BCUT2D eigenvalue weighted by Gasteiger charge is 2.00. The average molecular weight is 282 g/mol. The maximum Gasteiger partial charge on any atom is 0.122 e. The monoisotopic (exact) mass is 281 g/mol. The lowest BCUT2D eigenvalue weighted by atomic mass is 10.3. The van der Waals surface area contributed by atoms with E-state index < -0.39 is 0 Å². The van der Waals surface area contributed by atoms with Crippen molar-refractivity contribution in [1.82, 2.24) is 0 Å². The minimum absolute atomic E-state index is 0.732. The molecule has 84 valence electrons. The van der Waals surface area contributed by atoms with E-state index in [2.05, 4.69) is 21.2 Å². The fourth-order valence-electron chi connectivity index (χ4n) is 1.38. The van der Waals surface area contributed by atoms with Crippen LogP contribution in [0.2, 0.25) is 0 Å². The highest BCUT2D eigenvalue weighted by molar-refractivity contribution is 9.10. The molecule has 1 aromatic heterocycles. The summed E-state index contributed by atoms with van der Waals surface area (Å²) in [5.41, 5.74) is 2.12. The van der Waals surface area contributed by atoms with Crippen molar-refractivity contribution >= 4 is 21.6 Å². The van der Waals surface area contributed by atoms with E-state index in [0.29, 0.717) is 0 Å². The predicted molar refractivity (Wildman–Crippen MR) is 66.7 cm³/mol. The highest BCUT2D eigenvalue weighted by Crippen LogP contribution is 2.24. The quantitative estimate of drug-likeness (QED) is 0.929. The highest BCUT2D eigenvalue weighted by atomic mass is 79.9. The standard InChI is InChI=1S/C12H12BrNO2/c1-15-12-5-10(13)4-11(6-12)14-7-9-2-3-16-8-9/h2-6,8,14H,7H2,1H3. The third-order valence-electron chi connectivity index (χ3n) is 2.18. The zero-order chi connectivity index (χ0) is 11.4. The molecular weight excluding hydrogens is 270 g/mol. The Balaban J connectivity index is 2.06. The molecule has 0 aliphatic rings. The number of hydrogen-bond donors (Lipinski definition) is 1. The number of nitrogens with one attached hydrogen (secondary N) is 1. The van der Waals surface area contributed by atoms with E-state index >= 15 is 0 Å². The van der Waals surface area contributed by atoms with Gasteiger partial charge in [-0.05, 0) is 18.2 Å². The van der Waals surface area contributed by atoms with Crippen LogP contribution in [-0.4, -0.2) is 7.11 Å². The Hall–Kier alpha value is -1.42. The average Bonchev–Trinajstić information content (AvgIpc) is 2.78. The summed E-state index contributed by atoms with van der Waals surface area (Å²) in [5, 5.41) is 3.29. The van der Waals surface area contributed by atoms with Crippen LogP contribution in [0.25, 0.3) is 0 Å². The van der Waals surface area contributed by atoms with Gasteiger partial charge in [-0.1, -0.05) is 15.9 Å². The van der Waals surface area contributed by atoms with Crippen molar-refractivity contribution in [3.63, 3.8) is 0 Å². The first-order valence-electron chi connectivity index (χ1n) is 4.87. The molecule has 2 aromatic rings. The zero-order valence-electron chi connectivity index (χ0n) is 8.87. The van der Waals surface area contributed by atoms with Crippen molar-refractivity contribution in [2.45, 2.75) is 6.54 Å². The van der Waals surface area contributed by atoms with Crippen molar-refractivity contribution < 1.29 is 9.15 Å². The third-order valence-corrected chi connectivity index (χ3v) is 2.64. The first-order chi connectivity index (χ1) is 7.78. The zero-order valence-corrected chi connectivity index (χ0v) is 10.5. The predicted octanol–water partition coefficient (Wildman–Crippen LogP) is 3.66. The summed E-state index contributed by atoms with van der Waals surface area (Å²) in [6.07, 6.45) is 3.39. The fraction of sp³-hybridized carbons (Fsp3) is 0.167. The lowest BCUT2D eigenvalue weighted by molar-refractivity contribution is 0.414. The summed E-state index contributed by atoms with van der Waals surface area (Å²) in [6.45, 7) is 0.732. The van der Waals surface area contributed by atoms with Crippen LogP contribution in [0.5, 0.6) is 5.75 Å². The summed E-state index contributed by atoms with van der Waals surface area (Å²) in [4.78, 5) is 0. The Morgan fingerprint density at radius 1 is 1.38 bits per heavy atom. The van der Waals surface area contributed by atoms with Gasteiger partial charge in [0.1, 0.15) is 5.75 Å². The van der Waals surface area contributed by atoms with Crippen LogP contribution in [0.15, 0.2) is 45.7 Å². The van der Waals surface area contributed by atoms with Gasteiger partial charge >= 0.3 is 0 Å². The summed E-state index contributed by atoms with van der Waals surface area (Å²) in [5.74, 6) is 0.823. The van der Waals surface area contributed by atoms with Gasteiger partial charge in [0.25, 0.3) is 0 Å². The number of halogens is 1. The molecule has 0 radical (unpaired) electrons. The number of methoxy groups -OCH3 is 1. The van der Waals surface area contributed by atoms with Crippen LogP contribution < -0.4 is 10.1 Å². The topological polar surface area (TPSA) is 34.4 Å². The number of anilines is 1. The Kier molecular flexibility index (Phi) is 3.51. The van der Waals surface area contributed by atoms with E-state index in [1.54, 1.807) is 19.6 Å². The van der Waals surface area contributed by atoms with Gasteiger partial charge < -0.3 is 14.5 Å². The smallest absolute Gasteiger partial charge is 0.122 e. The SMILES string of the molecule is COc1cc(Br)cc(NCc2ccoc2)c1. The van der Waals surface area contributed by atoms with Crippen LogP contribution in [0.3, 0.4) is 0 Å². The molecular formula is C12H12BrNO2. The maximum atomic E-state index is 5.18. The minimum Gasteiger partial charge on any atom is -0.497 e. The minimum atomic E-state index is 0.732. The van der Waals surface area contributed by atoms with E-state index in [1.165, 1.54) is 0 Å². The van der Waals surface area contributed by atoms with Crippen LogP contribution in [0, 0.1) is 0 Å². The maximum absolute atomic E-state index is 5.18. The Bertz CT molecular complexity index is 454. The van der Waals surface area contributed by atoms with Gasteiger partial charge in [-0.2, -0.15) is 0 Å². The second kappa shape index (κ2) is 5.07. The molecule has 1 N–H and O–H groups in total. The first-order valence-corrected chi connectivity index (χ1v) is 5.67. The molecule has 0 amide bonds. The molecule has 1 aromatic carbocycles. The molecule has 0 saturated heterocycles. The van der Waals surface area contributed by atoms with Gasteiger partial charge in [-0.3, -0.25) is 0 Å². The van der Waals surface area contributed by atoms with E-state index in [9.17, 15) is 0 Å². The molecule has 1 heterocycles. The van der Waals surface area contributed by atoms with Crippen LogP contribution >= 0.6 is 15.9 Å². The van der Waals surface area contributed by atoms with Crippen molar-refractivity contribution in [1.29, 1.82) is 0 Å². The molecule has 0 saturated carbocycles. The molecule has 0 atom stereocenters. The first kappa shape index (κ1) is 11.1. The molecule has 0 unspecified atom stereocenters. The third kappa shape index (κ3) is 2.79. The lowest BCUT2D eigenvalue weighted by Crippen LogP contribution is -1.98. The second-order valence-corrected chi connectivity index (χ2v) is 4.28. The molecule has 0 fully saturated rings. The van der Waals surface area contributed by atoms with Gasteiger partial charge in [0, 0.05) is 28.3 Å². The van der Waals surface area contributed by atoms with Crippen molar-refractivity contribution in [3.05, 3.63) is 46.8 Å². The largest absolute Gasteiger partial charge is 0.497 e.